The van der Waals surface area contributed by atoms with Crippen LogP contribution in [0.4, 0.5) is 17.1 Å². The van der Waals surface area contributed by atoms with Crippen molar-refractivity contribution in [2.45, 2.75) is 10.8 Å². The first-order valence-corrected chi connectivity index (χ1v) is 30.6. The fourth-order valence-corrected chi connectivity index (χ4v) is 15.9. The maximum absolute atomic E-state index is 5.50. The molecule has 0 bridgehead atoms. The van der Waals surface area contributed by atoms with Gasteiger partial charge in [0.15, 0.2) is 0 Å². The Kier molecular flexibility index (Phi) is 10.5. The van der Waals surface area contributed by atoms with Gasteiger partial charge in [0.1, 0.15) is 0 Å². The number of nitrogens with zero attached hydrogens (tertiary/aromatic N) is 5. The summed E-state index contributed by atoms with van der Waals surface area (Å²) in [6.07, 6.45) is 0. The van der Waals surface area contributed by atoms with Gasteiger partial charge in [0.2, 0.25) is 0 Å². The van der Waals surface area contributed by atoms with Crippen molar-refractivity contribution >= 4 is 39.1 Å². The second-order valence-electron chi connectivity index (χ2n) is 23.9. The number of fused-ring (bicyclic) bond motifs is 22. The first-order chi connectivity index (χ1) is 44.1. The highest BCUT2D eigenvalue weighted by Gasteiger charge is 2.53. The fourth-order valence-electron chi connectivity index (χ4n) is 15.9. The van der Waals surface area contributed by atoms with Gasteiger partial charge in [-0.1, -0.05) is 237 Å². The number of rotatable bonds is 7. The van der Waals surface area contributed by atoms with Crippen molar-refractivity contribution in [3.63, 3.8) is 0 Å². The van der Waals surface area contributed by atoms with Crippen LogP contribution in [-0.4, -0.2) is 19.9 Å². The summed E-state index contributed by atoms with van der Waals surface area (Å²) >= 11 is 0. The third-order valence-corrected chi connectivity index (χ3v) is 19.5. The Morgan fingerprint density at radius 2 is 0.427 bits per heavy atom. The largest absolute Gasteiger partial charge is 0.311 e. The zero-order chi connectivity index (χ0) is 58.4. The van der Waals surface area contributed by atoms with E-state index in [1.807, 2.05) is 24.3 Å². The normalized spacial score (nSPS) is 13.6. The molecule has 412 valence electrons. The van der Waals surface area contributed by atoms with Crippen LogP contribution in [0.25, 0.3) is 112 Å². The van der Waals surface area contributed by atoms with E-state index in [0.29, 0.717) is 0 Å². The van der Waals surface area contributed by atoms with Crippen LogP contribution in [0.1, 0.15) is 44.5 Å². The predicted octanol–water partition coefficient (Wildman–Crippen LogP) is 20.4. The molecule has 5 heteroatoms. The molecule has 0 radical (unpaired) electrons. The third-order valence-electron chi connectivity index (χ3n) is 19.5. The molecule has 0 amide bonds. The van der Waals surface area contributed by atoms with Crippen LogP contribution in [0.15, 0.2) is 309 Å². The molecule has 0 fully saturated rings. The molecule has 89 heavy (non-hydrogen) atoms. The van der Waals surface area contributed by atoms with E-state index in [1.165, 1.54) is 89.0 Å². The standard InChI is InChI=1S/C84H51N5/c1-2-20-56(21-3-1)89(57-44-38-52(39-45-57)79-81(87-77-36-18-16-34-75(77)85-79)54-42-48-65-63-26-8-14-32-71(63)83(73(65)50-54)67-28-10-4-22-59(67)60-23-5-11-29-68(60)83)58-46-40-53(41-47-58)80-82(88-78-37-19-17-35-76(78)86-80)55-43-49-66-64-27-9-15-33-72(64)84(74(66)51-55)69-30-12-6-24-61(69)62-25-7-13-31-70(62)84/h1-51H. The quantitative estimate of drug-likeness (QED) is 0.159. The molecule has 0 atom stereocenters. The van der Waals surface area contributed by atoms with Gasteiger partial charge in [-0.3, -0.25) is 0 Å². The Morgan fingerprint density at radius 3 is 0.742 bits per heavy atom. The van der Waals surface area contributed by atoms with Gasteiger partial charge in [-0.05, 0) is 162 Å². The van der Waals surface area contributed by atoms with Crippen LogP contribution in [0.5, 0.6) is 0 Å². The molecule has 2 heterocycles. The number of hydrogen-bond donors (Lipinski definition) is 0. The summed E-state index contributed by atoms with van der Waals surface area (Å²) in [6.45, 7) is 0. The molecule has 5 nitrogen and oxygen atoms in total. The summed E-state index contributed by atoms with van der Waals surface area (Å²) in [5.41, 5.74) is 33.4. The molecule has 2 spiro atoms. The predicted molar refractivity (Wildman–Crippen MR) is 362 cm³/mol. The topological polar surface area (TPSA) is 54.8 Å². The van der Waals surface area contributed by atoms with E-state index in [-0.39, 0.29) is 0 Å². The van der Waals surface area contributed by atoms with Gasteiger partial charge in [-0.2, -0.15) is 0 Å². The monoisotopic (exact) mass is 1130 g/mol. The summed E-state index contributed by atoms with van der Waals surface area (Å²) in [7, 11) is 0. The zero-order valence-corrected chi connectivity index (χ0v) is 48.2. The summed E-state index contributed by atoms with van der Waals surface area (Å²) in [4.78, 5) is 24.3. The van der Waals surface area contributed by atoms with E-state index in [1.54, 1.807) is 0 Å². The van der Waals surface area contributed by atoms with E-state index >= 15 is 0 Å². The average molecular weight is 1130 g/mol. The van der Waals surface area contributed by atoms with Crippen LogP contribution in [0.3, 0.4) is 0 Å². The second kappa shape index (κ2) is 18.9. The van der Waals surface area contributed by atoms with Crippen molar-refractivity contribution in [3.8, 4) is 89.5 Å². The molecule has 0 N–H and O–H groups in total. The summed E-state index contributed by atoms with van der Waals surface area (Å²) in [5, 5.41) is 0. The van der Waals surface area contributed by atoms with E-state index < -0.39 is 10.8 Å². The third kappa shape index (κ3) is 6.95. The smallest absolute Gasteiger partial charge is 0.0973 e. The first kappa shape index (κ1) is 49.6. The van der Waals surface area contributed by atoms with Gasteiger partial charge in [0.25, 0.3) is 0 Å². The molecule has 4 aliphatic carbocycles. The van der Waals surface area contributed by atoms with Crippen LogP contribution in [-0.2, 0) is 10.8 Å². The first-order valence-electron chi connectivity index (χ1n) is 30.6. The zero-order valence-electron chi connectivity index (χ0n) is 48.2. The molecule has 2 aromatic heterocycles. The lowest BCUT2D eigenvalue weighted by Crippen LogP contribution is -2.25. The van der Waals surface area contributed by atoms with E-state index in [0.717, 1.165) is 84.2 Å². The van der Waals surface area contributed by atoms with Crippen LogP contribution >= 0.6 is 0 Å². The average Bonchev–Trinajstić information content (AvgIpc) is 1.55. The lowest BCUT2D eigenvalue weighted by molar-refractivity contribution is 0.794. The minimum atomic E-state index is -0.484. The lowest BCUT2D eigenvalue weighted by atomic mass is 9.70. The number of hydrogen-bond acceptors (Lipinski definition) is 5. The van der Waals surface area contributed by atoms with Crippen molar-refractivity contribution in [1.82, 2.24) is 19.9 Å². The fraction of sp³-hybridized carbons (Fsp3) is 0.0238. The number of benzene rings is 13. The molecule has 19 rings (SSSR count). The Bertz CT molecular complexity index is 5010. The summed E-state index contributed by atoms with van der Waals surface area (Å²) in [6, 6.07) is 113. The van der Waals surface area contributed by atoms with Gasteiger partial charge < -0.3 is 4.90 Å². The van der Waals surface area contributed by atoms with Crippen molar-refractivity contribution in [3.05, 3.63) is 354 Å². The molecular formula is C84H51N5. The van der Waals surface area contributed by atoms with E-state index in [9.17, 15) is 0 Å². The number of aromatic nitrogens is 4. The molecule has 15 aromatic rings. The molecule has 0 saturated heterocycles. The van der Waals surface area contributed by atoms with Crippen molar-refractivity contribution in [1.29, 1.82) is 0 Å². The van der Waals surface area contributed by atoms with Gasteiger partial charge in [-0.15, -0.1) is 0 Å². The van der Waals surface area contributed by atoms with Crippen LogP contribution in [0.2, 0.25) is 0 Å². The SMILES string of the molecule is c1ccc(N(c2ccc(-c3nc4ccccc4nc3-c3ccc4c(c3)C3(c5ccccc5-c5ccccc53)c3ccccc3-4)cc2)c2ccc(-c3nc4ccccc4nc3-c3ccc4c(c3)C3(c5ccccc5-c5ccccc53)c3ccccc3-4)cc2)cc1. The second-order valence-corrected chi connectivity index (χ2v) is 23.9. The molecular weight excluding hydrogens is 1080 g/mol. The maximum atomic E-state index is 5.50. The summed E-state index contributed by atoms with van der Waals surface area (Å²) in [5.74, 6) is 0. The van der Waals surface area contributed by atoms with E-state index in [4.69, 9.17) is 19.9 Å². The Morgan fingerprint density at radius 1 is 0.191 bits per heavy atom. The van der Waals surface area contributed by atoms with Crippen molar-refractivity contribution in [2.24, 2.45) is 0 Å². The van der Waals surface area contributed by atoms with Gasteiger partial charge in [0.05, 0.1) is 55.7 Å². The highest BCUT2D eigenvalue weighted by atomic mass is 15.1. The highest BCUT2D eigenvalue weighted by Crippen LogP contribution is 2.65. The van der Waals surface area contributed by atoms with Gasteiger partial charge >= 0.3 is 0 Å². The highest BCUT2D eigenvalue weighted by molar-refractivity contribution is 5.99. The number of para-hydroxylation sites is 5. The van der Waals surface area contributed by atoms with Gasteiger partial charge in [0, 0.05) is 39.3 Å². The van der Waals surface area contributed by atoms with Gasteiger partial charge in [-0.25, -0.2) is 19.9 Å². The minimum Gasteiger partial charge on any atom is -0.311 e. The molecule has 0 aliphatic heterocycles. The maximum Gasteiger partial charge on any atom is 0.0973 e. The Hall–Kier alpha value is -11.7. The summed E-state index contributed by atoms with van der Waals surface area (Å²) < 4.78 is 0. The molecule has 13 aromatic carbocycles. The molecule has 0 unspecified atom stereocenters. The van der Waals surface area contributed by atoms with Crippen LogP contribution in [0, 0.1) is 0 Å². The lowest BCUT2D eigenvalue weighted by Gasteiger charge is -2.30. The Balaban J connectivity index is 0.718. The van der Waals surface area contributed by atoms with Crippen molar-refractivity contribution in [2.75, 3.05) is 4.90 Å². The van der Waals surface area contributed by atoms with Crippen molar-refractivity contribution < 1.29 is 0 Å². The molecule has 4 aliphatic rings. The number of anilines is 3. The minimum absolute atomic E-state index is 0.484. The van der Waals surface area contributed by atoms with E-state index in [2.05, 4.69) is 290 Å². The Labute approximate surface area is 515 Å². The van der Waals surface area contributed by atoms with Crippen LogP contribution < -0.4 is 4.90 Å². The molecule has 0 saturated carbocycles.